The highest BCUT2D eigenvalue weighted by Gasteiger charge is 2.23. The van der Waals surface area contributed by atoms with Gasteiger partial charge in [-0.1, -0.05) is 30.3 Å². The summed E-state index contributed by atoms with van der Waals surface area (Å²) in [7, 11) is 0. The molecule has 1 unspecified atom stereocenters. The molecule has 0 bridgehead atoms. The number of nitrogens with one attached hydrogen (secondary N) is 1. The standard InChI is InChI=1S/C14H20N2/c1-12(2)16-14(3,11-15)10-9-13-7-5-4-6-8-13/h4-8,12,16H,9-10H2,1-3H3. The summed E-state index contributed by atoms with van der Waals surface area (Å²) < 4.78 is 0. The summed E-state index contributed by atoms with van der Waals surface area (Å²) in [6.45, 7) is 6.10. The molecule has 0 amide bonds. The van der Waals surface area contributed by atoms with Crippen LogP contribution < -0.4 is 5.32 Å². The molecule has 0 spiro atoms. The van der Waals surface area contributed by atoms with Crippen LogP contribution in [0.3, 0.4) is 0 Å². The Morgan fingerprint density at radius 2 is 1.94 bits per heavy atom. The Hall–Kier alpha value is -1.33. The highest BCUT2D eigenvalue weighted by Crippen LogP contribution is 2.14. The van der Waals surface area contributed by atoms with Crippen LogP contribution in [0, 0.1) is 11.3 Å². The minimum absolute atomic E-state index is 0.334. The summed E-state index contributed by atoms with van der Waals surface area (Å²) in [5.74, 6) is 0. The van der Waals surface area contributed by atoms with E-state index in [1.165, 1.54) is 5.56 Å². The molecule has 0 saturated carbocycles. The second-order valence-corrected chi connectivity index (χ2v) is 4.73. The first-order chi connectivity index (χ1) is 7.56. The molecule has 0 radical (unpaired) electrons. The fourth-order valence-corrected chi connectivity index (χ4v) is 1.84. The van der Waals surface area contributed by atoms with Crippen molar-refractivity contribution in [2.45, 2.75) is 45.2 Å². The SMILES string of the molecule is CC(C)NC(C)(C#N)CCc1ccccc1. The summed E-state index contributed by atoms with van der Waals surface area (Å²) in [6, 6.07) is 13.0. The van der Waals surface area contributed by atoms with Gasteiger partial charge in [0.2, 0.25) is 0 Å². The zero-order valence-corrected chi connectivity index (χ0v) is 10.3. The zero-order valence-electron chi connectivity index (χ0n) is 10.3. The van der Waals surface area contributed by atoms with E-state index in [1.54, 1.807) is 0 Å². The summed E-state index contributed by atoms with van der Waals surface area (Å²) in [4.78, 5) is 0. The Morgan fingerprint density at radius 1 is 1.31 bits per heavy atom. The first-order valence-electron chi connectivity index (χ1n) is 5.78. The molecular weight excluding hydrogens is 196 g/mol. The number of hydrogen-bond acceptors (Lipinski definition) is 2. The van der Waals surface area contributed by atoms with Crippen LogP contribution in [0.25, 0.3) is 0 Å². The van der Waals surface area contributed by atoms with E-state index in [1.807, 2.05) is 25.1 Å². The van der Waals surface area contributed by atoms with E-state index in [4.69, 9.17) is 0 Å². The minimum Gasteiger partial charge on any atom is -0.297 e. The van der Waals surface area contributed by atoms with Gasteiger partial charge in [-0.05, 0) is 39.2 Å². The lowest BCUT2D eigenvalue weighted by Gasteiger charge is -2.25. The molecule has 1 aromatic carbocycles. The maximum Gasteiger partial charge on any atom is 0.104 e. The number of hydrogen-bond donors (Lipinski definition) is 1. The van der Waals surface area contributed by atoms with Crippen molar-refractivity contribution in [1.29, 1.82) is 5.26 Å². The third-order valence-electron chi connectivity index (χ3n) is 2.61. The van der Waals surface area contributed by atoms with Crippen molar-refractivity contribution in [1.82, 2.24) is 5.32 Å². The summed E-state index contributed by atoms with van der Waals surface area (Å²) in [5, 5.41) is 12.5. The van der Waals surface area contributed by atoms with Crippen LogP contribution in [0.4, 0.5) is 0 Å². The predicted molar refractivity (Wildman–Crippen MR) is 67.1 cm³/mol. The quantitative estimate of drug-likeness (QED) is 0.821. The van der Waals surface area contributed by atoms with Crippen LogP contribution in [0.15, 0.2) is 30.3 Å². The molecule has 0 fully saturated rings. The summed E-state index contributed by atoms with van der Waals surface area (Å²) in [5.41, 5.74) is 0.860. The molecule has 2 nitrogen and oxygen atoms in total. The molecule has 0 aliphatic carbocycles. The second kappa shape index (κ2) is 5.67. The molecule has 1 aromatic rings. The monoisotopic (exact) mass is 216 g/mol. The maximum atomic E-state index is 9.20. The van der Waals surface area contributed by atoms with E-state index >= 15 is 0 Å². The Balaban J connectivity index is 2.56. The van der Waals surface area contributed by atoms with E-state index in [2.05, 4.69) is 37.4 Å². The topological polar surface area (TPSA) is 35.8 Å². The molecule has 16 heavy (non-hydrogen) atoms. The zero-order chi connectivity index (χ0) is 12.0. The van der Waals surface area contributed by atoms with Gasteiger partial charge in [0.05, 0.1) is 6.07 Å². The molecule has 1 N–H and O–H groups in total. The number of nitrogens with zero attached hydrogens (tertiary/aromatic N) is 1. The van der Waals surface area contributed by atoms with Crippen LogP contribution >= 0.6 is 0 Å². The average Bonchev–Trinajstić information content (AvgIpc) is 2.27. The average molecular weight is 216 g/mol. The highest BCUT2D eigenvalue weighted by molar-refractivity contribution is 5.16. The molecule has 0 aliphatic rings. The highest BCUT2D eigenvalue weighted by atomic mass is 15.0. The largest absolute Gasteiger partial charge is 0.297 e. The van der Waals surface area contributed by atoms with Crippen molar-refractivity contribution in [2.24, 2.45) is 0 Å². The van der Waals surface area contributed by atoms with Crippen LogP contribution in [0.2, 0.25) is 0 Å². The molecule has 2 heteroatoms. The first kappa shape index (κ1) is 12.7. The van der Waals surface area contributed by atoms with Crippen LogP contribution in [0.5, 0.6) is 0 Å². The fraction of sp³-hybridized carbons (Fsp3) is 0.500. The lowest BCUT2D eigenvalue weighted by atomic mass is 9.94. The van der Waals surface area contributed by atoms with Crippen LogP contribution in [-0.4, -0.2) is 11.6 Å². The second-order valence-electron chi connectivity index (χ2n) is 4.73. The summed E-state index contributed by atoms with van der Waals surface area (Å²) in [6.07, 6.45) is 1.77. The van der Waals surface area contributed by atoms with E-state index in [0.29, 0.717) is 6.04 Å². The minimum atomic E-state index is -0.427. The maximum absolute atomic E-state index is 9.20. The summed E-state index contributed by atoms with van der Waals surface area (Å²) >= 11 is 0. The van der Waals surface area contributed by atoms with Gasteiger partial charge in [-0.2, -0.15) is 5.26 Å². The van der Waals surface area contributed by atoms with Gasteiger partial charge in [0.1, 0.15) is 5.54 Å². The van der Waals surface area contributed by atoms with Gasteiger partial charge < -0.3 is 0 Å². The van der Waals surface area contributed by atoms with Crippen molar-refractivity contribution in [3.8, 4) is 6.07 Å². The molecule has 0 saturated heterocycles. The van der Waals surface area contributed by atoms with Gasteiger partial charge in [0, 0.05) is 6.04 Å². The Kier molecular flexibility index (Phi) is 4.52. The number of benzene rings is 1. The molecule has 1 atom stereocenters. The van der Waals surface area contributed by atoms with Gasteiger partial charge >= 0.3 is 0 Å². The van der Waals surface area contributed by atoms with Gasteiger partial charge in [-0.15, -0.1) is 0 Å². The lowest BCUT2D eigenvalue weighted by molar-refractivity contribution is 0.382. The van der Waals surface area contributed by atoms with Crippen LogP contribution in [0.1, 0.15) is 32.8 Å². The fourth-order valence-electron chi connectivity index (χ4n) is 1.84. The van der Waals surface area contributed by atoms with Gasteiger partial charge in [-0.3, -0.25) is 5.32 Å². The Bertz CT molecular complexity index is 351. The van der Waals surface area contributed by atoms with Crippen molar-refractivity contribution < 1.29 is 0 Å². The Labute approximate surface area is 98.3 Å². The number of nitriles is 1. The molecule has 1 rings (SSSR count). The molecule has 0 aliphatic heterocycles. The van der Waals surface area contributed by atoms with Gasteiger partial charge in [-0.25, -0.2) is 0 Å². The third-order valence-corrected chi connectivity index (χ3v) is 2.61. The first-order valence-corrected chi connectivity index (χ1v) is 5.78. The normalized spacial score (nSPS) is 14.4. The van der Waals surface area contributed by atoms with E-state index in [9.17, 15) is 5.26 Å². The van der Waals surface area contributed by atoms with Crippen molar-refractivity contribution in [3.05, 3.63) is 35.9 Å². The number of aryl methyl sites for hydroxylation is 1. The van der Waals surface area contributed by atoms with Crippen molar-refractivity contribution in [2.75, 3.05) is 0 Å². The smallest absolute Gasteiger partial charge is 0.104 e. The van der Waals surface area contributed by atoms with E-state index in [-0.39, 0.29) is 0 Å². The van der Waals surface area contributed by atoms with Crippen molar-refractivity contribution in [3.63, 3.8) is 0 Å². The third kappa shape index (κ3) is 4.04. The number of rotatable bonds is 5. The predicted octanol–water partition coefficient (Wildman–Crippen LogP) is 2.90. The molecular formula is C14H20N2. The molecule has 86 valence electrons. The molecule has 0 heterocycles. The van der Waals surface area contributed by atoms with Crippen molar-refractivity contribution >= 4 is 0 Å². The van der Waals surface area contributed by atoms with E-state index in [0.717, 1.165) is 12.8 Å². The lowest BCUT2D eigenvalue weighted by Crippen LogP contribution is -2.45. The Morgan fingerprint density at radius 3 is 2.44 bits per heavy atom. The van der Waals surface area contributed by atoms with Gasteiger partial charge in [0.25, 0.3) is 0 Å². The molecule has 0 aromatic heterocycles. The van der Waals surface area contributed by atoms with Gasteiger partial charge in [0.15, 0.2) is 0 Å². The van der Waals surface area contributed by atoms with E-state index < -0.39 is 5.54 Å². The van der Waals surface area contributed by atoms with Crippen LogP contribution in [-0.2, 0) is 6.42 Å².